The standard InChI is InChI=1S/C17H17ClN4O/c1-10(9-19)20-16-12-4-2-3-5-14(12)21-17(22-16)13-8-11(18)6-7-15(13)23/h2-8,10,23H,9,19H2,1H3,(H,20,21,22)/t10-/m1/s1. The number of nitrogens with one attached hydrogen (secondary N) is 1. The normalized spacial score (nSPS) is 12.3. The van der Waals surface area contributed by atoms with Crippen LogP contribution in [-0.4, -0.2) is 27.7 Å². The molecule has 1 aromatic heterocycles. The van der Waals surface area contributed by atoms with E-state index in [9.17, 15) is 5.11 Å². The van der Waals surface area contributed by atoms with E-state index in [1.807, 2.05) is 31.2 Å². The van der Waals surface area contributed by atoms with Crippen LogP contribution in [0.1, 0.15) is 6.92 Å². The van der Waals surface area contributed by atoms with Crippen molar-refractivity contribution in [3.63, 3.8) is 0 Å². The van der Waals surface area contributed by atoms with Crippen molar-refractivity contribution in [2.75, 3.05) is 11.9 Å². The van der Waals surface area contributed by atoms with Gasteiger partial charge in [0.15, 0.2) is 5.82 Å². The first-order chi connectivity index (χ1) is 11.1. The Labute approximate surface area is 139 Å². The highest BCUT2D eigenvalue weighted by atomic mass is 35.5. The third-order valence-corrected chi connectivity index (χ3v) is 3.77. The highest BCUT2D eigenvalue weighted by Gasteiger charge is 2.13. The molecule has 23 heavy (non-hydrogen) atoms. The molecule has 0 spiro atoms. The number of rotatable bonds is 4. The van der Waals surface area contributed by atoms with Gasteiger partial charge in [0.2, 0.25) is 0 Å². The zero-order chi connectivity index (χ0) is 16.4. The largest absolute Gasteiger partial charge is 0.507 e. The van der Waals surface area contributed by atoms with Crippen LogP contribution < -0.4 is 11.1 Å². The Bertz CT molecular complexity index is 853. The maximum absolute atomic E-state index is 10.1. The number of phenolic OH excluding ortho intramolecular Hbond substituents is 1. The molecule has 6 heteroatoms. The molecule has 0 saturated carbocycles. The number of nitrogens with zero attached hydrogens (tertiary/aromatic N) is 2. The van der Waals surface area contributed by atoms with Gasteiger partial charge >= 0.3 is 0 Å². The Balaban J connectivity index is 2.20. The molecule has 0 aliphatic heterocycles. The van der Waals surface area contributed by atoms with E-state index in [2.05, 4.69) is 15.3 Å². The van der Waals surface area contributed by atoms with Crippen LogP contribution in [0.2, 0.25) is 5.02 Å². The lowest BCUT2D eigenvalue weighted by molar-refractivity contribution is 0.477. The number of aromatic nitrogens is 2. The SMILES string of the molecule is C[C@H](CN)Nc1nc(-c2cc(Cl)ccc2O)nc2ccccc12. The molecule has 0 radical (unpaired) electrons. The molecule has 0 saturated heterocycles. The Morgan fingerprint density at radius 3 is 2.78 bits per heavy atom. The van der Waals surface area contributed by atoms with E-state index in [0.717, 1.165) is 10.9 Å². The molecule has 0 fully saturated rings. The number of anilines is 1. The monoisotopic (exact) mass is 328 g/mol. The van der Waals surface area contributed by atoms with E-state index < -0.39 is 0 Å². The summed E-state index contributed by atoms with van der Waals surface area (Å²) in [5.41, 5.74) is 6.97. The molecule has 2 aromatic carbocycles. The van der Waals surface area contributed by atoms with Gasteiger partial charge in [0, 0.05) is 23.0 Å². The second-order valence-corrected chi connectivity index (χ2v) is 5.79. The van der Waals surface area contributed by atoms with Crippen molar-refractivity contribution in [1.29, 1.82) is 0 Å². The summed E-state index contributed by atoms with van der Waals surface area (Å²) in [5, 5.41) is 14.8. The lowest BCUT2D eigenvalue weighted by atomic mass is 10.1. The van der Waals surface area contributed by atoms with Crippen molar-refractivity contribution in [2.45, 2.75) is 13.0 Å². The van der Waals surface area contributed by atoms with Crippen LogP contribution >= 0.6 is 11.6 Å². The second kappa shape index (κ2) is 6.40. The van der Waals surface area contributed by atoms with Crippen molar-refractivity contribution >= 4 is 28.3 Å². The summed E-state index contributed by atoms with van der Waals surface area (Å²) in [6.07, 6.45) is 0. The van der Waals surface area contributed by atoms with Crippen molar-refractivity contribution in [3.05, 3.63) is 47.5 Å². The molecule has 0 aliphatic rings. The zero-order valence-corrected chi connectivity index (χ0v) is 13.4. The van der Waals surface area contributed by atoms with Crippen LogP contribution in [0.3, 0.4) is 0 Å². The van der Waals surface area contributed by atoms with Gasteiger partial charge in [-0.15, -0.1) is 0 Å². The van der Waals surface area contributed by atoms with E-state index >= 15 is 0 Å². The molecule has 1 heterocycles. The quantitative estimate of drug-likeness (QED) is 0.683. The smallest absolute Gasteiger partial charge is 0.165 e. The molecule has 5 nitrogen and oxygen atoms in total. The molecular weight excluding hydrogens is 312 g/mol. The number of halogens is 1. The fourth-order valence-electron chi connectivity index (χ4n) is 2.29. The van der Waals surface area contributed by atoms with Gasteiger partial charge in [0.05, 0.1) is 11.1 Å². The molecule has 0 amide bonds. The van der Waals surface area contributed by atoms with Crippen molar-refractivity contribution in [3.8, 4) is 17.1 Å². The summed E-state index contributed by atoms with van der Waals surface area (Å²) in [4.78, 5) is 9.10. The number of para-hydroxylation sites is 1. The Morgan fingerprint density at radius 1 is 1.22 bits per heavy atom. The minimum atomic E-state index is 0.0640. The van der Waals surface area contributed by atoms with E-state index in [1.54, 1.807) is 12.1 Å². The third kappa shape index (κ3) is 3.21. The average Bonchev–Trinajstić information content (AvgIpc) is 2.56. The molecule has 1 atom stereocenters. The maximum Gasteiger partial charge on any atom is 0.165 e. The first-order valence-electron chi connectivity index (χ1n) is 7.30. The average molecular weight is 329 g/mol. The van der Waals surface area contributed by atoms with Gasteiger partial charge < -0.3 is 16.2 Å². The summed E-state index contributed by atoms with van der Waals surface area (Å²) in [5.74, 6) is 1.18. The maximum atomic E-state index is 10.1. The van der Waals surface area contributed by atoms with Gasteiger partial charge in [-0.25, -0.2) is 9.97 Å². The fraction of sp³-hybridized carbons (Fsp3) is 0.176. The number of nitrogens with two attached hydrogens (primary N) is 1. The first-order valence-corrected chi connectivity index (χ1v) is 7.68. The van der Waals surface area contributed by atoms with Crippen molar-refractivity contribution in [1.82, 2.24) is 9.97 Å². The third-order valence-electron chi connectivity index (χ3n) is 3.54. The molecule has 4 N–H and O–H groups in total. The number of phenols is 1. The van der Waals surface area contributed by atoms with E-state index in [1.165, 1.54) is 6.07 Å². The number of hydrogen-bond acceptors (Lipinski definition) is 5. The zero-order valence-electron chi connectivity index (χ0n) is 12.6. The van der Waals surface area contributed by atoms with E-state index in [0.29, 0.717) is 28.8 Å². The molecule has 0 bridgehead atoms. The molecule has 118 valence electrons. The van der Waals surface area contributed by atoms with Crippen molar-refractivity contribution in [2.24, 2.45) is 5.73 Å². The number of hydrogen-bond donors (Lipinski definition) is 3. The summed E-state index contributed by atoms with van der Waals surface area (Å²) in [6.45, 7) is 2.46. The predicted octanol–water partition coefficient (Wildman–Crippen LogP) is 3.41. The number of aromatic hydroxyl groups is 1. The highest BCUT2D eigenvalue weighted by molar-refractivity contribution is 6.30. The van der Waals surface area contributed by atoms with Gasteiger partial charge in [-0.05, 0) is 37.3 Å². The summed E-state index contributed by atoms with van der Waals surface area (Å²) in [7, 11) is 0. The fourth-order valence-corrected chi connectivity index (χ4v) is 2.46. The number of benzene rings is 2. The van der Waals surface area contributed by atoms with Crippen molar-refractivity contribution < 1.29 is 5.11 Å². The van der Waals surface area contributed by atoms with Gasteiger partial charge in [0.1, 0.15) is 11.6 Å². The van der Waals surface area contributed by atoms with E-state index in [-0.39, 0.29) is 11.8 Å². The minimum Gasteiger partial charge on any atom is -0.507 e. The Kier molecular flexibility index (Phi) is 4.32. The van der Waals surface area contributed by atoms with E-state index in [4.69, 9.17) is 17.3 Å². The highest BCUT2D eigenvalue weighted by Crippen LogP contribution is 2.32. The van der Waals surface area contributed by atoms with Crippen LogP contribution in [0.4, 0.5) is 5.82 Å². The molecule has 3 rings (SSSR count). The predicted molar refractivity (Wildman–Crippen MR) is 93.8 cm³/mol. The molecular formula is C17H17ClN4O. The minimum absolute atomic E-state index is 0.0640. The summed E-state index contributed by atoms with van der Waals surface area (Å²) in [6, 6.07) is 12.6. The first kappa shape index (κ1) is 15.5. The lowest BCUT2D eigenvalue weighted by Gasteiger charge is -2.15. The van der Waals surface area contributed by atoms with Gasteiger partial charge in [0.25, 0.3) is 0 Å². The molecule has 0 unspecified atom stereocenters. The van der Waals surface area contributed by atoms with Crippen LogP contribution in [0.5, 0.6) is 5.75 Å². The Hall–Kier alpha value is -2.37. The Morgan fingerprint density at radius 2 is 2.00 bits per heavy atom. The van der Waals surface area contributed by atoms with Gasteiger partial charge in [-0.3, -0.25) is 0 Å². The molecule has 3 aromatic rings. The second-order valence-electron chi connectivity index (χ2n) is 5.36. The molecule has 0 aliphatic carbocycles. The van der Waals surface area contributed by atoms with Gasteiger partial charge in [-0.2, -0.15) is 0 Å². The van der Waals surface area contributed by atoms with Crippen LogP contribution in [0.25, 0.3) is 22.3 Å². The topological polar surface area (TPSA) is 84.1 Å². The summed E-state index contributed by atoms with van der Waals surface area (Å²) >= 11 is 6.03. The van der Waals surface area contributed by atoms with Crippen LogP contribution in [0.15, 0.2) is 42.5 Å². The lowest BCUT2D eigenvalue weighted by Crippen LogP contribution is -2.25. The van der Waals surface area contributed by atoms with Crippen LogP contribution in [-0.2, 0) is 0 Å². The summed E-state index contributed by atoms with van der Waals surface area (Å²) < 4.78 is 0. The number of fused-ring (bicyclic) bond motifs is 1. The van der Waals surface area contributed by atoms with Crippen LogP contribution in [0, 0.1) is 0 Å². The van der Waals surface area contributed by atoms with Gasteiger partial charge in [-0.1, -0.05) is 23.7 Å².